The Labute approximate surface area is 114 Å². The highest BCUT2D eigenvalue weighted by Crippen LogP contribution is 2.14. The van der Waals surface area contributed by atoms with E-state index in [1.807, 2.05) is 32.0 Å². The van der Waals surface area contributed by atoms with Gasteiger partial charge in [-0.3, -0.25) is 0 Å². The van der Waals surface area contributed by atoms with Crippen LogP contribution >= 0.6 is 0 Å². The van der Waals surface area contributed by atoms with Crippen LogP contribution in [0.3, 0.4) is 0 Å². The fraction of sp³-hybridized carbons (Fsp3) is 0.400. The summed E-state index contributed by atoms with van der Waals surface area (Å²) in [6, 6.07) is 5.39. The number of rotatable bonds is 4. The summed E-state index contributed by atoms with van der Waals surface area (Å²) in [4.78, 5) is 11.5. The first-order valence-electron chi connectivity index (χ1n) is 6.42. The molecule has 19 heavy (non-hydrogen) atoms. The number of amides is 2. The molecule has 1 aromatic carbocycles. The molecule has 0 unspecified atom stereocenters. The molecule has 0 atom stereocenters. The van der Waals surface area contributed by atoms with Crippen LogP contribution in [-0.4, -0.2) is 24.3 Å². The van der Waals surface area contributed by atoms with Crippen LogP contribution in [0.15, 0.2) is 18.2 Å². The number of aliphatic hydroxyl groups is 1. The third-order valence-corrected chi connectivity index (χ3v) is 2.49. The van der Waals surface area contributed by atoms with Crippen LogP contribution in [-0.2, 0) is 0 Å². The third kappa shape index (κ3) is 5.45. The summed E-state index contributed by atoms with van der Waals surface area (Å²) in [5.74, 6) is 5.87. The quantitative estimate of drug-likeness (QED) is 0.727. The molecule has 0 radical (unpaired) electrons. The van der Waals surface area contributed by atoms with Crippen LogP contribution < -0.4 is 10.6 Å². The van der Waals surface area contributed by atoms with E-state index in [4.69, 9.17) is 5.11 Å². The minimum Gasteiger partial charge on any atom is -0.395 e. The molecular formula is C15H20N2O2. The van der Waals surface area contributed by atoms with E-state index >= 15 is 0 Å². The molecule has 1 aromatic rings. The lowest BCUT2D eigenvalue weighted by Crippen LogP contribution is -2.29. The monoisotopic (exact) mass is 260 g/mol. The number of anilines is 1. The van der Waals surface area contributed by atoms with Crippen molar-refractivity contribution in [2.75, 3.05) is 18.5 Å². The number of urea groups is 1. The van der Waals surface area contributed by atoms with Crippen LogP contribution in [0.25, 0.3) is 0 Å². The zero-order valence-corrected chi connectivity index (χ0v) is 11.4. The molecule has 0 aliphatic heterocycles. The summed E-state index contributed by atoms with van der Waals surface area (Å²) in [6.07, 6.45) is 1.35. The number of benzene rings is 1. The number of aliphatic hydroxyl groups excluding tert-OH is 1. The molecule has 2 amide bonds. The van der Waals surface area contributed by atoms with Crippen molar-refractivity contribution in [1.29, 1.82) is 0 Å². The highest BCUT2D eigenvalue weighted by atomic mass is 16.2. The summed E-state index contributed by atoms with van der Waals surface area (Å²) in [7, 11) is 0. The molecule has 0 aromatic heterocycles. The van der Waals surface area contributed by atoms with Gasteiger partial charge in [-0.1, -0.05) is 24.8 Å². The molecule has 3 N–H and O–H groups in total. The molecule has 1 rings (SSSR count). The Morgan fingerprint density at radius 2 is 2.21 bits per heavy atom. The Bertz CT molecular complexity index is 487. The Kier molecular flexibility index (Phi) is 6.48. The highest BCUT2D eigenvalue weighted by molar-refractivity contribution is 5.89. The molecule has 0 aliphatic rings. The smallest absolute Gasteiger partial charge is 0.319 e. The normalized spacial score (nSPS) is 9.42. The average molecular weight is 260 g/mol. The Hall–Kier alpha value is -1.99. The second kappa shape index (κ2) is 8.17. The van der Waals surface area contributed by atoms with Gasteiger partial charge in [0.15, 0.2) is 0 Å². The van der Waals surface area contributed by atoms with Gasteiger partial charge in [0.25, 0.3) is 0 Å². The largest absolute Gasteiger partial charge is 0.395 e. The van der Waals surface area contributed by atoms with Crippen molar-refractivity contribution in [2.24, 2.45) is 0 Å². The molecule has 0 heterocycles. The van der Waals surface area contributed by atoms with E-state index in [0.717, 1.165) is 17.5 Å². The van der Waals surface area contributed by atoms with E-state index < -0.39 is 0 Å². The lowest BCUT2D eigenvalue weighted by atomic mass is 10.1. The SMILES string of the molecule is CCCNC(=O)Nc1ccc(C)c(C#CCCO)c1. The van der Waals surface area contributed by atoms with Crippen LogP contribution in [0, 0.1) is 18.8 Å². The predicted molar refractivity (Wildman–Crippen MR) is 77.1 cm³/mol. The minimum atomic E-state index is -0.208. The van der Waals surface area contributed by atoms with E-state index in [2.05, 4.69) is 22.5 Å². The van der Waals surface area contributed by atoms with Gasteiger partial charge in [0.1, 0.15) is 0 Å². The van der Waals surface area contributed by atoms with Crippen molar-refractivity contribution in [3.05, 3.63) is 29.3 Å². The number of aryl methyl sites for hydroxylation is 1. The predicted octanol–water partition coefficient (Wildman–Crippen LogP) is 2.26. The van der Waals surface area contributed by atoms with Crippen molar-refractivity contribution in [2.45, 2.75) is 26.7 Å². The van der Waals surface area contributed by atoms with E-state index in [-0.39, 0.29) is 12.6 Å². The van der Waals surface area contributed by atoms with Gasteiger partial charge in [-0.05, 0) is 31.0 Å². The van der Waals surface area contributed by atoms with Crippen molar-refractivity contribution in [1.82, 2.24) is 5.32 Å². The molecular weight excluding hydrogens is 240 g/mol. The molecule has 0 spiro atoms. The molecule has 4 nitrogen and oxygen atoms in total. The minimum absolute atomic E-state index is 0.0589. The lowest BCUT2D eigenvalue weighted by Gasteiger charge is -2.08. The zero-order valence-electron chi connectivity index (χ0n) is 11.4. The van der Waals surface area contributed by atoms with E-state index in [0.29, 0.717) is 18.7 Å². The number of nitrogens with one attached hydrogen (secondary N) is 2. The molecule has 0 saturated heterocycles. The van der Waals surface area contributed by atoms with Gasteiger partial charge >= 0.3 is 6.03 Å². The van der Waals surface area contributed by atoms with Crippen molar-refractivity contribution < 1.29 is 9.90 Å². The number of hydrogen-bond acceptors (Lipinski definition) is 2. The lowest BCUT2D eigenvalue weighted by molar-refractivity contribution is 0.252. The van der Waals surface area contributed by atoms with Gasteiger partial charge < -0.3 is 15.7 Å². The number of carbonyl (C=O) groups is 1. The summed E-state index contributed by atoms with van der Waals surface area (Å²) in [6.45, 7) is 4.68. The number of carbonyl (C=O) groups excluding carboxylic acids is 1. The third-order valence-electron chi connectivity index (χ3n) is 2.49. The van der Waals surface area contributed by atoms with Crippen molar-refractivity contribution in [3.8, 4) is 11.8 Å². The Morgan fingerprint density at radius 3 is 2.89 bits per heavy atom. The first-order valence-corrected chi connectivity index (χ1v) is 6.42. The van der Waals surface area contributed by atoms with Crippen LogP contribution in [0.2, 0.25) is 0 Å². The van der Waals surface area contributed by atoms with Gasteiger partial charge in [0, 0.05) is 24.2 Å². The van der Waals surface area contributed by atoms with Gasteiger partial charge in [-0.25, -0.2) is 4.79 Å². The van der Waals surface area contributed by atoms with Crippen LogP contribution in [0.1, 0.15) is 30.9 Å². The van der Waals surface area contributed by atoms with Crippen molar-refractivity contribution >= 4 is 11.7 Å². The van der Waals surface area contributed by atoms with E-state index in [1.54, 1.807) is 0 Å². The molecule has 0 saturated carbocycles. The summed E-state index contributed by atoms with van der Waals surface area (Å²) in [5.41, 5.74) is 2.62. The van der Waals surface area contributed by atoms with Gasteiger partial charge in [0.2, 0.25) is 0 Å². The van der Waals surface area contributed by atoms with Gasteiger partial charge in [-0.15, -0.1) is 0 Å². The molecule has 0 bridgehead atoms. The maximum atomic E-state index is 11.5. The van der Waals surface area contributed by atoms with Crippen LogP contribution in [0.4, 0.5) is 10.5 Å². The van der Waals surface area contributed by atoms with E-state index in [1.165, 1.54) is 0 Å². The van der Waals surface area contributed by atoms with Crippen LogP contribution in [0.5, 0.6) is 0 Å². The molecule has 4 heteroatoms. The van der Waals surface area contributed by atoms with E-state index in [9.17, 15) is 4.79 Å². The van der Waals surface area contributed by atoms with Gasteiger partial charge in [-0.2, -0.15) is 0 Å². The molecule has 0 aliphatic carbocycles. The fourth-order valence-corrected chi connectivity index (χ4v) is 1.46. The Balaban J connectivity index is 2.73. The second-order valence-corrected chi connectivity index (χ2v) is 4.19. The zero-order chi connectivity index (χ0) is 14.1. The Morgan fingerprint density at radius 1 is 1.42 bits per heavy atom. The molecule has 0 fully saturated rings. The first kappa shape index (κ1) is 15.1. The second-order valence-electron chi connectivity index (χ2n) is 4.19. The maximum Gasteiger partial charge on any atom is 0.319 e. The summed E-state index contributed by atoms with van der Waals surface area (Å²) in [5, 5.41) is 14.2. The topological polar surface area (TPSA) is 61.4 Å². The standard InChI is InChI=1S/C15H20N2O2/c1-3-9-16-15(19)17-14-8-7-12(2)13(11-14)6-4-5-10-18/h7-8,11,18H,3,5,9-10H2,1-2H3,(H2,16,17,19). The molecule has 102 valence electrons. The van der Waals surface area contributed by atoms with Gasteiger partial charge in [0.05, 0.1) is 6.61 Å². The highest BCUT2D eigenvalue weighted by Gasteiger charge is 2.02. The maximum absolute atomic E-state index is 11.5. The van der Waals surface area contributed by atoms with Crippen molar-refractivity contribution in [3.63, 3.8) is 0 Å². The summed E-state index contributed by atoms with van der Waals surface area (Å²) < 4.78 is 0. The average Bonchev–Trinajstić information content (AvgIpc) is 2.40. The fourth-order valence-electron chi connectivity index (χ4n) is 1.46. The number of hydrogen-bond donors (Lipinski definition) is 3. The first-order chi connectivity index (χ1) is 9.17. The summed E-state index contributed by atoms with van der Waals surface area (Å²) >= 11 is 0.